The van der Waals surface area contributed by atoms with Crippen molar-refractivity contribution in [2.24, 2.45) is 0 Å². The van der Waals surface area contributed by atoms with Crippen molar-refractivity contribution in [3.63, 3.8) is 0 Å². The predicted octanol–water partition coefficient (Wildman–Crippen LogP) is 2.39. The van der Waals surface area contributed by atoms with Gasteiger partial charge in [0.15, 0.2) is 0 Å². The van der Waals surface area contributed by atoms with Crippen LogP contribution in [0, 0.1) is 5.82 Å². The van der Waals surface area contributed by atoms with E-state index in [0.717, 1.165) is 10.6 Å². The lowest BCUT2D eigenvalue weighted by Crippen LogP contribution is -2.41. The van der Waals surface area contributed by atoms with E-state index < -0.39 is 23.2 Å². The molecule has 3 aromatic rings. The van der Waals surface area contributed by atoms with E-state index in [0.29, 0.717) is 11.3 Å². The molecule has 0 amide bonds. The molecule has 0 aliphatic carbocycles. The van der Waals surface area contributed by atoms with Gasteiger partial charge >= 0.3 is 5.69 Å². The van der Waals surface area contributed by atoms with Gasteiger partial charge in [0, 0.05) is 0 Å². The lowest BCUT2D eigenvalue weighted by atomic mass is 10.2. The zero-order valence-corrected chi connectivity index (χ0v) is 15.5. The van der Waals surface area contributed by atoms with E-state index in [9.17, 15) is 19.1 Å². The van der Waals surface area contributed by atoms with E-state index >= 15 is 0 Å². The molecule has 6 nitrogen and oxygen atoms in total. The van der Waals surface area contributed by atoms with Gasteiger partial charge < -0.3 is 9.84 Å². The van der Waals surface area contributed by atoms with Crippen LogP contribution in [-0.2, 0) is 13.1 Å². The highest BCUT2D eigenvalue weighted by atomic mass is 35.5. The largest absolute Gasteiger partial charge is 0.497 e. The lowest BCUT2D eigenvalue weighted by Gasteiger charge is -2.16. The summed E-state index contributed by atoms with van der Waals surface area (Å²) in [5, 5.41) is 9.57. The number of methoxy groups -OCH3 is 1. The van der Waals surface area contributed by atoms with E-state index in [1.165, 1.54) is 24.7 Å². The van der Waals surface area contributed by atoms with Crippen molar-refractivity contribution in [2.45, 2.75) is 26.1 Å². The van der Waals surface area contributed by atoms with Gasteiger partial charge in [0.2, 0.25) is 0 Å². The fourth-order valence-electron chi connectivity index (χ4n) is 2.91. The summed E-state index contributed by atoms with van der Waals surface area (Å²) in [5.74, 6) is -0.104. The minimum atomic E-state index is -0.846. The molecule has 0 radical (unpaired) electrons. The summed E-state index contributed by atoms with van der Waals surface area (Å²) < 4.78 is 21.3. The molecule has 0 saturated heterocycles. The average Bonchev–Trinajstić information content (AvgIpc) is 2.64. The molecular formula is C19H18ClFN2O4. The fourth-order valence-corrected chi connectivity index (χ4v) is 3.06. The summed E-state index contributed by atoms with van der Waals surface area (Å²) in [7, 11) is 1.54. The van der Waals surface area contributed by atoms with Crippen LogP contribution >= 0.6 is 11.6 Å². The molecule has 3 rings (SSSR count). The number of ether oxygens (including phenoxy) is 1. The number of halogens is 2. The van der Waals surface area contributed by atoms with Crippen LogP contribution in [0.3, 0.4) is 0 Å². The molecule has 0 aliphatic heterocycles. The van der Waals surface area contributed by atoms with Crippen molar-refractivity contribution in [3.8, 4) is 5.75 Å². The van der Waals surface area contributed by atoms with Gasteiger partial charge in [-0.25, -0.2) is 9.18 Å². The number of aliphatic hydroxyl groups excluding tert-OH is 1. The molecule has 0 fully saturated rings. The molecule has 2 aromatic carbocycles. The van der Waals surface area contributed by atoms with Gasteiger partial charge in [-0.3, -0.25) is 13.9 Å². The average molecular weight is 393 g/mol. The molecule has 0 saturated carbocycles. The number of rotatable bonds is 5. The highest BCUT2D eigenvalue weighted by Gasteiger charge is 2.17. The van der Waals surface area contributed by atoms with Gasteiger partial charge in [-0.05, 0) is 36.8 Å². The molecule has 1 heterocycles. The minimum absolute atomic E-state index is 0.00164. The van der Waals surface area contributed by atoms with Crippen molar-refractivity contribution >= 4 is 22.5 Å². The number of hydrogen-bond donors (Lipinski definition) is 1. The molecule has 1 unspecified atom stereocenters. The quantitative estimate of drug-likeness (QED) is 0.723. The van der Waals surface area contributed by atoms with E-state index in [2.05, 4.69) is 0 Å². The maximum atomic E-state index is 13.9. The maximum absolute atomic E-state index is 13.9. The third kappa shape index (κ3) is 3.74. The van der Waals surface area contributed by atoms with Crippen LogP contribution in [0.1, 0.15) is 12.5 Å². The lowest BCUT2D eigenvalue weighted by molar-refractivity contribution is 0.172. The first-order chi connectivity index (χ1) is 12.8. The van der Waals surface area contributed by atoms with Gasteiger partial charge in [-0.2, -0.15) is 0 Å². The number of aromatic nitrogens is 2. The Morgan fingerprint density at radius 1 is 1.19 bits per heavy atom. The first kappa shape index (κ1) is 19.1. The van der Waals surface area contributed by atoms with Crippen LogP contribution in [-0.4, -0.2) is 27.5 Å². The van der Waals surface area contributed by atoms with Gasteiger partial charge in [0.1, 0.15) is 11.6 Å². The summed E-state index contributed by atoms with van der Waals surface area (Å²) in [5.41, 5.74) is -0.342. The number of nitrogens with zero attached hydrogens (tertiary/aromatic N) is 2. The molecule has 1 aromatic heterocycles. The van der Waals surface area contributed by atoms with Crippen molar-refractivity contribution in [3.05, 3.63) is 73.6 Å². The van der Waals surface area contributed by atoms with Crippen molar-refractivity contribution in [1.29, 1.82) is 0 Å². The smallest absolute Gasteiger partial charge is 0.331 e. The van der Waals surface area contributed by atoms with Gasteiger partial charge in [0.05, 0.1) is 42.2 Å². The Balaban J connectivity index is 2.23. The summed E-state index contributed by atoms with van der Waals surface area (Å²) >= 11 is 5.83. The summed E-state index contributed by atoms with van der Waals surface area (Å²) in [6.45, 7) is 1.46. The summed E-state index contributed by atoms with van der Waals surface area (Å²) in [6.07, 6.45) is -0.846. The molecule has 1 N–H and O–H groups in total. The Morgan fingerprint density at radius 3 is 2.44 bits per heavy atom. The number of aliphatic hydroxyl groups is 1. The third-order valence-electron chi connectivity index (χ3n) is 4.21. The van der Waals surface area contributed by atoms with E-state index in [4.69, 9.17) is 16.3 Å². The Morgan fingerprint density at radius 2 is 1.85 bits per heavy atom. The minimum Gasteiger partial charge on any atom is -0.497 e. The van der Waals surface area contributed by atoms with Crippen molar-refractivity contribution in [2.75, 3.05) is 7.11 Å². The maximum Gasteiger partial charge on any atom is 0.331 e. The standard InChI is InChI=1S/C19H18ClFN2O4/c1-11(24)9-22-17-8-15(20)16(21)7-14(17)18(25)23(19(22)26)10-12-3-5-13(27-2)6-4-12/h3-8,11,24H,9-10H2,1-2H3. The Labute approximate surface area is 159 Å². The molecule has 0 spiro atoms. The van der Waals surface area contributed by atoms with Crippen LogP contribution in [0.25, 0.3) is 10.9 Å². The Kier molecular flexibility index (Phi) is 5.34. The zero-order valence-electron chi connectivity index (χ0n) is 14.8. The van der Waals surface area contributed by atoms with E-state index in [-0.39, 0.29) is 29.0 Å². The Hall–Kier alpha value is -2.64. The first-order valence-electron chi connectivity index (χ1n) is 8.25. The number of hydrogen-bond acceptors (Lipinski definition) is 4. The van der Waals surface area contributed by atoms with Gasteiger partial charge in [0.25, 0.3) is 5.56 Å². The van der Waals surface area contributed by atoms with Crippen molar-refractivity contribution < 1.29 is 14.2 Å². The SMILES string of the molecule is COc1ccc(Cn2c(=O)c3cc(F)c(Cl)cc3n(CC(C)O)c2=O)cc1. The van der Waals surface area contributed by atoms with Crippen LogP contribution in [0.15, 0.2) is 46.0 Å². The fraction of sp³-hybridized carbons (Fsp3) is 0.263. The van der Waals surface area contributed by atoms with Gasteiger partial charge in [-0.1, -0.05) is 23.7 Å². The summed E-state index contributed by atoms with van der Waals surface area (Å²) in [6, 6.07) is 9.15. The molecule has 27 heavy (non-hydrogen) atoms. The molecule has 8 heteroatoms. The molecule has 142 valence electrons. The Bertz CT molecular complexity index is 1100. The van der Waals surface area contributed by atoms with E-state index in [1.807, 2.05) is 0 Å². The first-order valence-corrected chi connectivity index (χ1v) is 8.63. The second-order valence-corrected chi connectivity index (χ2v) is 6.67. The van der Waals surface area contributed by atoms with Gasteiger partial charge in [-0.15, -0.1) is 0 Å². The molecule has 0 aliphatic rings. The normalized spacial score (nSPS) is 12.3. The number of fused-ring (bicyclic) bond motifs is 1. The molecule has 1 atom stereocenters. The highest BCUT2D eigenvalue weighted by molar-refractivity contribution is 6.31. The van der Waals surface area contributed by atoms with Crippen LogP contribution in [0.4, 0.5) is 4.39 Å². The van der Waals surface area contributed by atoms with E-state index in [1.54, 1.807) is 24.3 Å². The van der Waals surface area contributed by atoms with Crippen LogP contribution in [0.2, 0.25) is 5.02 Å². The molecule has 0 bridgehead atoms. The second-order valence-electron chi connectivity index (χ2n) is 6.27. The number of benzene rings is 2. The summed E-state index contributed by atoms with van der Waals surface area (Å²) in [4.78, 5) is 25.7. The van der Waals surface area contributed by atoms with Crippen LogP contribution < -0.4 is 16.0 Å². The molecular weight excluding hydrogens is 375 g/mol. The monoisotopic (exact) mass is 392 g/mol. The second kappa shape index (κ2) is 7.54. The topological polar surface area (TPSA) is 73.5 Å². The predicted molar refractivity (Wildman–Crippen MR) is 101 cm³/mol. The zero-order chi connectivity index (χ0) is 19.7. The van der Waals surface area contributed by atoms with Crippen LogP contribution in [0.5, 0.6) is 5.75 Å². The van der Waals surface area contributed by atoms with Crippen molar-refractivity contribution in [1.82, 2.24) is 9.13 Å². The third-order valence-corrected chi connectivity index (χ3v) is 4.50. The highest BCUT2D eigenvalue weighted by Crippen LogP contribution is 2.20.